The summed E-state index contributed by atoms with van der Waals surface area (Å²) >= 11 is 13.0. The first-order valence-corrected chi connectivity index (χ1v) is 8.72. The second kappa shape index (κ2) is 6.75. The van der Waals surface area contributed by atoms with Gasteiger partial charge in [-0.05, 0) is 6.07 Å². The van der Waals surface area contributed by atoms with Crippen LogP contribution in [0, 0.1) is 0 Å². The van der Waals surface area contributed by atoms with Gasteiger partial charge < -0.3 is 9.47 Å². The SMILES string of the molecule is COc1cc(OC)c(Cl)c(-c2cc3[nH]nc(-c4cnn(C)c4)c3cn2)c1Cl. The summed E-state index contributed by atoms with van der Waals surface area (Å²) in [6.07, 6.45) is 5.38. The highest BCUT2D eigenvalue weighted by Gasteiger charge is 2.21. The lowest BCUT2D eigenvalue weighted by Gasteiger charge is -2.14. The average Bonchev–Trinajstić information content (AvgIpc) is 3.27. The number of methoxy groups -OCH3 is 2. The molecule has 3 heterocycles. The molecule has 27 heavy (non-hydrogen) atoms. The fourth-order valence-corrected chi connectivity index (χ4v) is 3.62. The highest BCUT2D eigenvalue weighted by molar-refractivity contribution is 6.41. The number of hydrogen-bond acceptors (Lipinski definition) is 5. The first-order valence-electron chi connectivity index (χ1n) is 7.97. The van der Waals surface area contributed by atoms with Crippen LogP contribution in [-0.2, 0) is 7.05 Å². The van der Waals surface area contributed by atoms with Gasteiger partial charge in [0.15, 0.2) is 0 Å². The van der Waals surface area contributed by atoms with Crippen LogP contribution in [-0.4, -0.2) is 39.2 Å². The molecule has 0 unspecified atom stereocenters. The number of benzene rings is 1. The molecule has 0 fully saturated rings. The minimum Gasteiger partial charge on any atom is -0.495 e. The Morgan fingerprint density at radius 1 is 1.04 bits per heavy atom. The number of rotatable bonds is 4. The zero-order chi connectivity index (χ0) is 19.1. The number of nitrogens with one attached hydrogen (secondary N) is 1. The van der Waals surface area contributed by atoms with Crippen molar-refractivity contribution in [3.8, 4) is 34.0 Å². The quantitative estimate of drug-likeness (QED) is 0.547. The molecule has 0 amide bonds. The van der Waals surface area contributed by atoms with E-state index in [9.17, 15) is 0 Å². The third kappa shape index (κ3) is 2.89. The summed E-state index contributed by atoms with van der Waals surface area (Å²) in [5, 5.41) is 13.2. The third-order valence-electron chi connectivity index (χ3n) is 4.26. The van der Waals surface area contributed by atoms with Crippen molar-refractivity contribution in [2.45, 2.75) is 0 Å². The van der Waals surface area contributed by atoms with Crippen molar-refractivity contribution < 1.29 is 9.47 Å². The molecule has 0 aliphatic heterocycles. The normalized spacial score (nSPS) is 11.1. The molecule has 4 aromatic rings. The molecule has 0 atom stereocenters. The van der Waals surface area contributed by atoms with E-state index in [1.54, 1.807) is 23.1 Å². The smallest absolute Gasteiger partial charge is 0.141 e. The number of aromatic amines is 1. The van der Waals surface area contributed by atoms with E-state index in [1.807, 2.05) is 19.3 Å². The van der Waals surface area contributed by atoms with Gasteiger partial charge in [-0.25, -0.2) is 0 Å². The van der Waals surface area contributed by atoms with Gasteiger partial charge in [0.1, 0.15) is 17.2 Å². The molecule has 0 saturated carbocycles. The standard InChI is InChI=1S/C18H15Cl2N5O2/c1-25-8-9(6-22-25)18-10-7-21-12(4-11(10)23-24-18)15-16(19)13(26-2)5-14(27-3)17(15)20/h4-8H,1-3H3,(H,23,24). The van der Waals surface area contributed by atoms with E-state index >= 15 is 0 Å². The van der Waals surface area contributed by atoms with Gasteiger partial charge in [-0.1, -0.05) is 23.2 Å². The lowest BCUT2D eigenvalue weighted by molar-refractivity contribution is 0.395. The summed E-state index contributed by atoms with van der Waals surface area (Å²) in [6, 6.07) is 3.48. The number of hydrogen-bond donors (Lipinski definition) is 1. The summed E-state index contributed by atoms with van der Waals surface area (Å²) in [5.74, 6) is 0.908. The van der Waals surface area contributed by atoms with E-state index in [1.165, 1.54) is 14.2 Å². The molecule has 3 aromatic heterocycles. The number of fused-ring (bicyclic) bond motifs is 1. The topological polar surface area (TPSA) is 77.9 Å². The van der Waals surface area contributed by atoms with E-state index in [0.717, 1.165) is 22.2 Å². The van der Waals surface area contributed by atoms with Crippen LogP contribution in [0.5, 0.6) is 11.5 Å². The molecule has 9 heteroatoms. The van der Waals surface area contributed by atoms with Crippen molar-refractivity contribution in [2.24, 2.45) is 7.05 Å². The van der Waals surface area contributed by atoms with Crippen LogP contribution in [0.15, 0.2) is 30.7 Å². The van der Waals surface area contributed by atoms with Gasteiger partial charge in [0.2, 0.25) is 0 Å². The van der Waals surface area contributed by atoms with Crippen LogP contribution in [0.4, 0.5) is 0 Å². The van der Waals surface area contributed by atoms with Crippen molar-refractivity contribution in [1.82, 2.24) is 25.0 Å². The highest BCUT2D eigenvalue weighted by Crippen LogP contribution is 2.45. The predicted molar refractivity (Wildman–Crippen MR) is 105 cm³/mol. The number of H-pyrrole nitrogens is 1. The number of pyridine rings is 1. The lowest BCUT2D eigenvalue weighted by atomic mass is 10.1. The predicted octanol–water partition coefficient (Wildman–Crippen LogP) is 4.35. The Hall–Kier alpha value is -2.77. The van der Waals surface area contributed by atoms with Crippen LogP contribution in [0.2, 0.25) is 10.0 Å². The van der Waals surface area contributed by atoms with E-state index in [0.29, 0.717) is 32.8 Å². The molecular formula is C18H15Cl2N5O2. The van der Waals surface area contributed by atoms with Crippen LogP contribution in [0.1, 0.15) is 0 Å². The minimum absolute atomic E-state index is 0.363. The fourth-order valence-electron chi connectivity index (χ4n) is 2.92. The van der Waals surface area contributed by atoms with Gasteiger partial charge in [-0.2, -0.15) is 10.2 Å². The Morgan fingerprint density at radius 3 is 2.33 bits per heavy atom. The van der Waals surface area contributed by atoms with Gasteiger partial charge in [-0.3, -0.25) is 14.8 Å². The number of ether oxygens (including phenoxy) is 2. The van der Waals surface area contributed by atoms with Crippen molar-refractivity contribution in [3.05, 3.63) is 40.8 Å². The maximum absolute atomic E-state index is 6.49. The molecule has 4 rings (SSSR count). The molecule has 1 N–H and O–H groups in total. The monoisotopic (exact) mass is 403 g/mol. The molecule has 7 nitrogen and oxygen atoms in total. The number of nitrogens with zero attached hydrogens (tertiary/aromatic N) is 4. The van der Waals surface area contributed by atoms with Crippen LogP contribution in [0.25, 0.3) is 33.4 Å². The van der Waals surface area contributed by atoms with E-state index in [4.69, 9.17) is 32.7 Å². The Morgan fingerprint density at radius 2 is 1.74 bits per heavy atom. The highest BCUT2D eigenvalue weighted by atomic mass is 35.5. The van der Waals surface area contributed by atoms with Gasteiger partial charge in [0.25, 0.3) is 0 Å². The van der Waals surface area contributed by atoms with Gasteiger partial charge in [0.05, 0.1) is 41.7 Å². The van der Waals surface area contributed by atoms with Crippen LogP contribution >= 0.6 is 23.2 Å². The largest absolute Gasteiger partial charge is 0.495 e. The molecule has 0 saturated heterocycles. The average molecular weight is 404 g/mol. The summed E-state index contributed by atoms with van der Waals surface area (Å²) < 4.78 is 12.4. The molecule has 0 spiro atoms. The summed E-state index contributed by atoms with van der Waals surface area (Å²) in [5.41, 5.74) is 3.59. The first-order chi connectivity index (χ1) is 13.0. The number of aryl methyl sites for hydroxylation is 1. The van der Waals surface area contributed by atoms with Crippen LogP contribution < -0.4 is 9.47 Å². The molecule has 0 aliphatic carbocycles. The minimum atomic E-state index is 0.363. The van der Waals surface area contributed by atoms with Crippen LogP contribution in [0.3, 0.4) is 0 Å². The van der Waals surface area contributed by atoms with Gasteiger partial charge >= 0.3 is 0 Å². The molecule has 1 aromatic carbocycles. The Bertz CT molecular complexity index is 1120. The first kappa shape index (κ1) is 17.6. The Balaban J connectivity index is 1.89. The molecule has 0 aliphatic rings. The molecule has 0 radical (unpaired) electrons. The summed E-state index contributed by atoms with van der Waals surface area (Å²) in [4.78, 5) is 4.55. The third-order valence-corrected chi connectivity index (χ3v) is 5.01. The van der Waals surface area contributed by atoms with E-state index in [-0.39, 0.29) is 0 Å². The molecular weight excluding hydrogens is 389 g/mol. The van der Waals surface area contributed by atoms with E-state index in [2.05, 4.69) is 20.3 Å². The maximum atomic E-state index is 6.49. The fraction of sp³-hybridized carbons (Fsp3) is 0.167. The Labute approximate surface area is 164 Å². The summed E-state index contributed by atoms with van der Waals surface area (Å²) in [7, 11) is 4.92. The maximum Gasteiger partial charge on any atom is 0.141 e. The number of aromatic nitrogens is 5. The Kier molecular flexibility index (Phi) is 4.41. The van der Waals surface area contributed by atoms with Crippen molar-refractivity contribution in [3.63, 3.8) is 0 Å². The lowest BCUT2D eigenvalue weighted by Crippen LogP contribution is -1.94. The van der Waals surface area contributed by atoms with Gasteiger partial charge in [-0.15, -0.1) is 0 Å². The van der Waals surface area contributed by atoms with Crippen molar-refractivity contribution in [1.29, 1.82) is 0 Å². The second-order valence-corrected chi connectivity index (χ2v) is 6.63. The second-order valence-electron chi connectivity index (χ2n) is 5.87. The van der Waals surface area contributed by atoms with E-state index < -0.39 is 0 Å². The number of halogens is 2. The molecule has 0 bridgehead atoms. The summed E-state index contributed by atoms with van der Waals surface area (Å²) in [6.45, 7) is 0. The van der Waals surface area contributed by atoms with Crippen molar-refractivity contribution >= 4 is 34.1 Å². The van der Waals surface area contributed by atoms with Crippen molar-refractivity contribution in [2.75, 3.05) is 14.2 Å². The zero-order valence-corrected chi connectivity index (χ0v) is 16.3. The molecule has 138 valence electrons. The zero-order valence-electron chi connectivity index (χ0n) is 14.7. The van der Waals surface area contributed by atoms with Gasteiger partial charge in [0, 0.05) is 42.0 Å².